The number of carboxylic acids is 1. The lowest BCUT2D eigenvalue weighted by Gasteiger charge is -2.14. The summed E-state index contributed by atoms with van der Waals surface area (Å²) in [5, 5.41) is 11.5. The van der Waals surface area contributed by atoms with Crippen molar-refractivity contribution in [3.05, 3.63) is 58.1 Å². The maximum atomic E-state index is 10.5. The van der Waals surface area contributed by atoms with Gasteiger partial charge in [-0.25, -0.2) is 0 Å². The SMILES string of the molecule is COc1cc(CNCC(=O)O)cc(Br)c1OCc1ccccc1. The fourth-order valence-corrected chi connectivity index (χ4v) is 2.66. The summed E-state index contributed by atoms with van der Waals surface area (Å²) in [4.78, 5) is 10.5. The van der Waals surface area contributed by atoms with Crippen LogP contribution >= 0.6 is 15.9 Å². The van der Waals surface area contributed by atoms with Gasteiger partial charge in [-0.3, -0.25) is 4.79 Å². The Morgan fingerprint density at radius 1 is 1.22 bits per heavy atom. The molecule has 0 atom stereocenters. The third kappa shape index (κ3) is 5.26. The van der Waals surface area contributed by atoms with E-state index in [4.69, 9.17) is 14.6 Å². The van der Waals surface area contributed by atoms with Gasteiger partial charge in [0.2, 0.25) is 0 Å². The van der Waals surface area contributed by atoms with Crippen molar-refractivity contribution in [2.24, 2.45) is 0 Å². The van der Waals surface area contributed by atoms with Crippen molar-refractivity contribution >= 4 is 21.9 Å². The molecule has 0 aliphatic heterocycles. The number of benzene rings is 2. The first-order chi connectivity index (χ1) is 11.1. The van der Waals surface area contributed by atoms with E-state index in [1.54, 1.807) is 7.11 Å². The summed E-state index contributed by atoms with van der Waals surface area (Å²) in [6.07, 6.45) is 0. The summed E-state index contributed by atoms with van der Waals surface area (Å²) in [6, 6.07) is 13.6. The van der Waals surface area contributed by atoms with Gasteiger partial charge < -0.3 is 19.9 Å². The van der Waals surface area contributed by atoms with E-state index in [9.17, 15) is 4.79 Å². The van der Waals surface area contributed by atoms with E-state index >= 15 is 0 Å². The van der Waals surface area contributed by atoms with Crippen molar-refractivity contribution in [2.45, 2.75) is 13.2 Å². The lowest BCUT2D eigenvalue weighted by Crippen LogP contribution is -2.21. The number of halogens is 1. The molecule has 2 rings (SSSR count). The van der Waals surface area contributed by atoms with Crippen LogP contribution in [0.15, 0.2) is 46.9 Å². The van der Waals surface area contributed by atoms with Crippen LogP contribution in [0, 0.1) is 0 Å². The zero-order valence-corrected chi connectivity index (χ0v) is 14.3. The summed E-state index contributed by atoms with van der Waals surface area (Å²) in [5.74, 6) is 0.333. The van der Waals surface area contributed by atoms with Gasteiger partial charge in [0.15, 0.2) is 11.5 Å². The second-order valence-corrected chi connectivity index (χ2v) is 5.73. The second kappa shape index (κ2) is 8.55. The van der Waals surface area contributed by atoms with Crippen molar-refractivity contribution in [1.82, 2.24) is 5.32 Å². The molecule has 2 N–H and O–H groups in total. The summed E-state index contributed by atoms with van der Waals surface area (Å²) in [7, 11) is 1.58. The van der Waals surface area contributed by atoms with Crippen molar-refractivity contribution in [2.75, 3.05) is 13.7 Å². The predicted molar refractivity (Wildman–Crippen MR) is 90.8 cm³/mol. The minimum atomic E-state index is -0.890. The largest absolute Gasteiger partial charge is 0.493 e. The molecular weight excluding hydrogens is 362 g/mol. The first-order valence-corrected chi connectivity index (χ1v) is 7.85. The Bertz CT molecular complexity index is 661. The van der Waals surface area contributed by atoms with E-state index in [-0.39, 0.29) is 6.54 Å². The second-order valence-electron chi connectivity index (χ2n) is 4.88. The van der Waals surface area contributed by atoms with Crippen molar-refractivity contribution in [1.29, 1.82) is 0 Å². The molecule has 0 aromatic heterocycles. The molecule has 0 saturated heterocycles. The summed E-state index contributed by atoms with van der Waals surface area (Å²) >= 11 is 3.48. The van der Waals surface area contributed by atoms with Crippen LogP contribution < -0.4 is 14.8 Å². The quantitative estimate of drug-likeness (QED) is 0.736. The van der Waals surface area contributed by atoms with Crippen LogP contribution in [0.3, 0.4) is 0 Å². The van der Waals surface area contributed by atoms with Gasteiger partial charge in [-0.1, -0.05) is 30.3 Å². The van der Waals surface area contributed by atoms with Crippen molar-refractivity contribution in [3.8, 4) is 11.5 Å². The fourth-order valence-electron chi connectivity index (χ4n) is 2.06. The number of aliphatic carboxylic acids is 1. The molecule has 0 spiro atoms. The maximum absolute atomic E-state index is 10.5. The Morgan fingerprint density at radius 2 is 1.96 bits per heavy atom. The molecule has 2 aromatic carbocycles. The number of carbonyl (C=O) groups is 1. The number of methoxy groups -OCH3 is 1. The maximum Gasteiger partial charge on any atom is 0.317 e. The summed E-state index contributed by atoms with van der Waals surface area (Å²) in [6.45, 7) is 0.777. The minimum absolute atomic E-state index is 0.0911. The topological polar surface area (TPSA) is 67.8 Å². The first-order valence-electron chi connectivity index (χ1n) is 7.06. The molecule has 0 heterocycles. The molecule has 0 fully saturated rings. The van der Waals surface area contributed by atoms with Gasteiger partial charge >= 0.3 is 5.97 Å². The molecule has 122 valence electrons. The Morgan fingerprint density at radius 3 is 2.61 bits per heavy atom. The van der Waals surface area contributed by atoms with Crippen LogP contribution in [-0.2, 0) is 17.9 Å². The average molecular weight is 380 g/mol. The number of hydrogen-bond acceptors (Lipinski definition) is 4. The molecule has 0 amide bonds. The van der Waals surface area contributed by atoms with Crippen LogP contribution in [-0.4, -0.2) is 24.7 Å². The van der Waals surface area contributed by atoms with Gasteiger partial charge in [0.1, 0.15) is 6.61 Å². The average Bonchev–Trinajstić information content (AvgIpc) is 2.54. The third-order valence-electron chi connectivity index (χ3n) is 3.12. The minimum Gasteiger partial charge on any atom is -0.493 e. The van der Waals surface area contributed by atoms with Gasteiger partial charge in [0.25, 0.3) is 0 Å². The van der Waals surface area contributed by atoms with E-state index < -0.39 is 5.97 Å². The molecule has 6 heteroatoms. The van der Waals surface area contributed by atoms with Gasteiger partial charge in [0, 0.05) is 6.54 Å². The molecule has 0 radical (unpaired) electrons. The van der Waals surface area contributed by atoms with Crippen LogP contribution in [0.1, 0.15) is 11.1 Å². The number of hydrogen-bond donors (Lipinski definition) is 2. The molecule has 23 heavy (non-hydrogen) atoms. The zero-order valence-electron chi connectivity index (χ0n) is 12.7. The highest BCUT2D eigenvalue weighted by atomic mass is 79.9. The number of nitrogens with one attached hydrogen (secondary N) is 1. The molecule has 0 aliphatic rings. The molecule has 0 bridgehead atoms. The lowest BCUT2D eigenvalue weighted by molar-refractivity contribution is -0.135. The molecule has 5 nitrogen and oxygen atoms in total. The molecule has 0 aliphatic carbocycles. The van der Waals surface area contributed by atoms with Crippen LogP contribution in [0.2, 0.25) is 0 Å². The summed E-state index contributed by atoms with van der Waals surface area (Å²) in [5.41, 5.74) is 1.97. The van der Waals surface area contributed by atoms with Crippen LogP contribution in [0.5, 0.6) is 11.5 Å². The Balaban J connectivity index is 2.08. The highest BCUT2D eigenvalue weighted by Crippen LogP contribution is 2.37. The Hall–Kier alpha value is -2.05. The lowest BCUT2D eigenvalue weighted by atomic mass is 10.2. The molecule has 0 unspecified atom stereocenters. The highest BCUT2D eigenvalue weighted by Gasteiger charge is 2.12. The van der Waals surface area contributed by atoms with Gasteiger partial charge in [-0.15, -0.1) is 0 Å². The van der Waals surface area contributed by atoms with E-state index in [1.807, 2.05) is 42.5 Å². The Kier molecular flexibility index (Phi) is 6.43. The normalized spacial score (nSPS) is 10.3. The number of ether oxygens (including phenoxy) is 2. The van der Waals surface area contributed by atoms with Gasteiger partial charge in [-0.05, 0) is 39.2 Å². The van der Waals surface area contributed by atoms with Gasteiger partial charge in [-0.2, -0.15) is 0 Å². The van der Waals surface area contributed by atoms with E-state index in [0.717, 1.165) is 15.6 Å². The van der Waals surface area contributed by atoms with Crippen LogP contribution in [0.25, 0.3) is 0 Å². The van der Waals surface area contributed by atoms with E-state index in [0.29, 0.717) is 24.7 Å². The van der Waals surface area contributed by atoms with E-state index in [1.165, 1.54) is 0 Å². The molecule has 0 saturated carbocycles. The molecular formula is C17H18BrNO4. The highest BCUT2D eigenvalue weighted by molar-refractivity contribution is 9.10. The first kappa shape index (κ1) is 17.3. The number of carboxylic acid groups (broad SMARTS) is 1. The standard InChI is InChI=1S/C17H18BrNO4/c1-22-15-8-13(9-19-10-16(20)21)7-14(18)17(15)23-11-12-5-3-2-4-6-12/h2-8,19H,9-11H2,1H3,(H,20,21). The zero-order chi connectivity index (χ0) is 16.7. The van der Waals surface area contributed by atoms with Crippen LogP contribution in [0.4, 0.5) is 0 Å². The third-order valence-corrected chi connectivity index (χ3v) is 3.71. The van der Waals surface area contributed by atoms with Gasteiger partial charge in [0.05, 0.1) is 18.1 Å². The summed E-state index contributed by atoms with van der Waals surface area (Å²) < 4.78 is 12.0. The van der Waals surface area contributed by atoms with Crippen molar-refractivity contribution < 1.29 is 19.4 Å². The van der Waals surface area contributed by atoms with E-state index in [2.05, 4.69) is 21.2 Å². The smallest absolute Gasteiger partial charge is 0.317 e. The monoisotopic (exact) mass is 379 g/mol. The molecule has 2 aromatic rings. The van der Waals surface area contributed by atoms with Crippen molar-refractivity contribution in [3.63, 3.8) is 0 Å². The Labute approximate surface area is 143 Å². The fraction of sp³-hybridized carbons (Fsp3) is 0.235. The predicted octanol–water partition coefficient (Wildman–Crippen LogP) is 3.21. The number of rotatable bonds is 8.